The van der Waals surface area contributed by atoms with E-state index < -0.39 is 0 Å². The second-order valence-electron chi connectivity index (χ2n) is 3.36. The Kier molecular flexibility index (Phi) is 5.14. The fourth-order valence-corrected chi connectivity index (χ4v) is 1.89. The van der Waals surface area contributed by atoms with Crippen molar-refractivity contribution in [2.75, 3.05) is 7.11 Å². The van der Waals surface area contributed by atoms with Gasteiger partial charge in [-0.1, -0.05) is 6.07 Å². The predicted molar refractivity (Wildman–Crippen MR) is 69.5 cm³/mol. The van der Waals surface area contributed by atoms with Gasteiger partial charge in [-0.2, -0.15) is 0 Å². The molecule has 4 nitrogen and oxygen atoms in total. The van der Waals surface area contributed by atoms with Crippen LogP contribution in [0.2, 0.25) is 0 Å². The number of nitrogens with zero attached hydrogens (tertiary/aromatic N) is 1. The molecule has 5 heteroatoms. The van der Waals surface area contributed by atoms with Crippen molar-refractivity contribution in [2.45, 2.75) is 19.2 Å². The van der Waals surface area contributed by atoms with Crippen molar-refractivity contribution in [1.82, 2.24) is 0 Å². The third kappa shape index (κ3) is 3.75. The zero-order valence-electron chi connectivity index (χ0n) is 9.56. The number of benzene rings is 1. The van der Waals surface area contributed by atoms with Crippen LogP contribution in [0.25, 0.3) is 0 Å². The van der Waals surface area contributed by atoms with E-state index in [4.69, 9.17) is 16.2 Å². The molecule has 0 amide bonds. The molecule has 0 saturated carbocycles. The molecule has 0 saturated heterocycles. The Bertz CT molecular complexity index is 375. The smallest absolute Gasteiger partial charge is 0.123 e. The molecule has 0 atom stereocenters. The topological polar surface area (TPSA) is 73.6 Å². The lowest BCUT2D eigenvalue weighted by Crippen LogP contribution is -2.03. The molecule has 0 spiro atoms. The molecule has 0 unspecified atom stereocenters. The number of nitrogens with two attached hydrogens (primary N) is 2. The first kappa shape index (κ1) is 12.9. The molecule has 0 aliphatic carbocycles. The normalized spacial score (nSPS) is 11.6. The standard InChI is InChI=1S/C11H17N3OS/c1-8(13)14-16-7-9-3-4-11(15-2)10(5-9)6-12/h3-5H,6-7,12H2,1-2H3,(H2,13,14). The molecule has 0 heterocycles. The number of hydrogen-bond donors (Lipinski definition) is 2. The van der Waals surface area contributed by atoms with E-state index in [2.05, 4.69) is 4.40 Å². The van der Waals surface area contributed by atoms with Gasteiger partial charge in [0.05, 0.1) is 7.11 Å². The summed E-state index contributed by atoms with van der Waals surface area (Å²) in [4.78, 5) is 0. The highest BCUT2D eigenvalue weighted by Crippen LogP contribution is 2.22. The van der Waals surface area contributed by atoms with Crippen LogP contribution >= 0.6 is 11.9 Å². The second kappa shape index (κ2) is 6.40. The average molecular weight is 239 g/mol. The van der Waals surface area contributed by atoms with E-state index in [1.54, 1.807) is 14.0 Å². The van der Waals surface area contributed by atoms with E-state index in [-0.39, 0.29) is 0 Å². The summed E-state index contributed by atoms with van der Waals surface area (Å²) in [5, 5.41) is 0. The van der Waals surface area contributed by atoms with Crippen molar-refractivity contribution in [3.8, 4) is 5.75 Å². The summed E-state index contributed by atoms with van der Waals surface area (Å²) < 4.78 is 9.27. The molecule has 4 N–H and O–H groups in total. The van der Waals surface area contributed by atoms with E-state index in [0.717, 1.165) is 22.6 Å². The zero-order chi connectivity index (χ0) is 12.0. The highest BCUT2D eigenvalue weighted by Gasteiger charge is 2.02. The molecule has 0 fully saturated rings. The van der Waals surface area contributed by atoms with Gasteiger partial charge in [0.2, 0.25) is 0 Å². The van der Waals surface area contributed by atoms with Gasteiger partial charge in [-0.05, 0) is 36.6 Å². The van der Waals surface area contributed by atoms with Crippen LogP contribution in [0.5, 0.6) is 5.75 Å². The lowest BCUT2D eigenvalue weighted by Gasteiger charge is -2.08. The summed E-state index contributed by atoms with van der Waals surface area (Å²) >= 11 is 1.43. The molecule has 1 rings (SSSR count). The minimum absolute atomic E-state index is 0.473. The summed E-state index contributed by atoms with van der Waals surface area (Å²) in [5.74, 6) is 2.19. The average Bonchev–Trinajstić information content (AvgIpc) is 2.28. The highest BCUT2D eigenvalue weighted by molar-refractivity contribution is 7.97. The van der Waals surface area contributed by atoms with Gasteiger partial charge in [-0.3, -0.25) is 0 Å². The van der Waals surface area contributed by atoms with Gasteiger partial charge in [0, 0.05) is 17.9 Å². The third-order valence-electron chi connectivity index (χ3n) is 2.00. The summed E-state index contributed by atoms with van der Waals surface area (Å²) in [6, 6.07) is 5.97. The fourth-order valence-electron chi connectivity index (χ4n) is 1.29. The molecule has 16 heavy (non-hydrogen) atoms. The molecule has 0 radical (unpaired) electrons. The van der Waals surface area contributed by atoms with Gasteiger partial charge in [0.1, 0.15) is 11.6 Å². The lowest BCUT2D eigenvalue weighted by molar-refractivity contribution is 0.409. The lowest BCUT2D eigenvalue weighted by atomic mass is 10.1. The first-order valence-corrected chi connectivity index (χ1v) is 5.89. The maximum Gasteiger partial charge on any atom is 0.123 e. The number of hydrogen-bond acceptors (Lipinski definition) is 4. The molecule has 1 aromatic carbocycles. The molecular weight excluding hydrogens is 222 g/mol. The van der Waals surface area contributed by atoms with Gasteiger partial charge in [-0.25, -0.2) is 4.40 Å². The minimum Gasteiger partial charge on any atom is -0.496 e. The van der Waals surface area contributed by atoms with E-state index >= 15 is 0 Å². The van der Waals surface area contributed by atoms with Crippen molar-refractivity contribution in [3.05, 3.63) is 29.3 Å². The van der Waals surface area contributed by atoms with Crippen molar-refractivity contribution in [1.29, 1.82) is 0 Å². The summed E-state index contributed by atoms with van der Waals surface area (Å²) in [7, 11) is 1.64. The predicted octanol–water partition coefficient (Wildman–Crippen LogP) is 1.68. The molecular formula is C11H17N3OS. The van der Waals surface area contributed by atoms with Gasteiger partial charge >= 0.3 is 0 Å². The van der Waals surface area contributed by atoms with Crippen LogP contribution < -0.4 is 16.2 Å². The molecule has 0 bridgehead atoms. The Morgan fingerprint density at radius 1 is 1.50 bits per heavy atom. The number of amidine groups is 1. The SMILES string of the molecule is COc1ccc(CS/N=C(/C)N)cc1CN. The Labute approximate surface area is 100 Å². The van der Waals surface area contributed by atoms with E-state index in [1.807, 2.05) is 18.2 Å². The van der Waals surface area contributed by atoms with Crippen LogP contribution in [-0.2, 0) is 12.3 Å². The third-order valence-corrected chi connectivity index (χ3v) is 2.88. The monoisotopic (exact) mass is 239 g/mol. The molecule has 0 aliphatic heterocycles. The number of rotatable bonds is 5. The van der Waals surface area contributed by atoms with Crippen LogP contribution in [0.15, 0.2) is 22.6 Å². The first-order valence-electron chi connectivity index (χ1n) is 4.95. The van der Waals surface area contributed by atoms with E-state index in [9.17, 15) is 0 Å². The van der Waals surface area contributed by atoms with Gasteiger partial charge in [0.25, 0.3) is 0 Å². The maximum atomic E-state index is 5.64. The molecule has 1 aromatic rings. The highest BCUT2D eigenvalue weighted by atomic mass is 32.2. The second-order valence-corrected chi connectivity index (χ2v) is 4.09. The van der Waals surface area contributed by atoms with Crippen molar-refractivity contribution < 1.29 is 4.74 Å². The quantitative estimate of drug-likeness (QED) is 0.466. The minimum atomic E-state index is 0.473. The summed E-state index contributed by atoms with van der Waals surface area (Å²) in [5.41, 5.74) is 13.3. The maximum absolute atomic E-state index is 5.64. The van der Waals surface area contributed by atoms with Crippen molar-refractivity contribution >= 4 is 17.8 Å². The van der Waals surface area contributed by atoms with Crippen LogP contribution in [0.3, 0.4) is 0 Å². The molecule has 88 valence electrons. The van der Waals surface area contributed by atoms with Crippen LogP contribution in [0.4, 0.5) is 0 Å². The van der Waals surface area contributed by atoms with Crippen LogP contribution in [0.1, 0.15) is 18.1 Å². The van der Waals surface area contributed by atoms with Gasteiger partial charge < -0.3 is 16.2 Å². The number of ether oxygens (including phenoxy) is 1. The Morgan fingerprint density at radius 2 is 2.25 bits per heavy atom. The van der Waals surface area contributed by atoms with Crippen LogP contribution in [0, 0.1) is 0 Å². The van der Waals surface area contributed by atoms with Crippen LogP contribution in [-0.4, -0.2) is 12.9 Å². The van der Waals surface area contributed by atoms with Gasteiger partial charge in [0.15, 0.2) is 0 Å². The molecule has 0 aliphatic rings. The first-order chi connectivity index (χ1) is 7.67. The van der Waals surface area contributed by atoms with E-state index in [0.29, 0.717) is 12.4 Å². The van der Waals surface area contributed by atoms with Crippen molar-refractivity contribution in [3.63, 3.8) is 0 Å². The Balaban J connectivity index is 2.71. The zero-order valence-corrected chi connectivity index (χ0v) is 10.4. The summed E-state index contributed by atoms with van der Waals surface area (Å²) in [6.07, 6.45) is 0. The van der Waals surface area contributed by atoms with Gasteiger partial charge in [-0.15, -0.1) is 0 Å². The molecule has 0 aromatic heterocycles. The van der Waals surface area contributed by atoms with Crippen molar-refractivity contribution in [2.24, 2.45) is 15.9 Å². The fraction of sp³-hybridized carbons (Fsp3) is 0.364. The Hall–Kier alpha value is -1.20. The van der Waals surface area contributed by atoms with E-state index in [1.165, 1.54) is 11.9 Å². The number of methoxy groups -OCH3 is 1. The summed E-state index contributed by atoms with van der Waals surface area (Å²) in [6.45, 7) is 2.24. The Morgan fingerprint density at radius 3 is 2.81 bits per heavy atom. The largest absolute Gasteiger partial charge is 0.496 e.